The minimum absolute atomic E-state index is 0.127. The molecule has 1 rings (SSSR count). The largest absolute Gasteiger partial charge is 0.350 e. The topological polar surface area (TPSA) is 68.0 Å². The second kappa shape index (κ2) is 5.07. The van der Waals surface area contributed by atoms with Gasteiger partial charge in [-0.05, 0) is 37.5 Å². The Hall–Kier alpha value is -1.42. The van der Waals surface area contributed by atoms with E-state index >= 15 is 0 Å². The van der Waals surface area contributed by atoms with E-state index in [0.29, 0.717) is 13.0 Å². The Morgan fingerprint density at radius 1 is 1.62 bits per heavy atom. The van der Waals surface area contributed by atoms with Crippen LogP contribution in [0.15, 0.2) is 18.5 Å². The predicted molar refractivity (Wildman–Crippen MR) is 63.7 cm³/mol. The van der Waals surface area contributed by atoms with Gasteiger partial charge in [0, 0.05) is 18.9 Å². The molecular formula is C12H19N3O. The number of hydrogen-bond acceptors (Lipinski definition) is 3. The third-order valence-corrected chi connectivity index (χ3v) is 2.84. The lowest BCUT2D eigenvalue weighted by molar-refractivity contribution is -0.126. The first-order chi connectivity index (χ1) is 7.47. The van der Waals surface area contributed by atoms with Gasteiger partial charge in [-0.25, -0.2) is 0 Å². The molecule has 1 aromatic heterocycles. The molecule has 4 heteroatoms. The minimum Gasteiger partial charge on any atom is -0.350 e. The van der Waals surface area contributed by atoms with E-state index in [0.717, 1.165) is 11.1 Å². The predicted octanol–water partition coefficient (Wildman–Crippen LogP) is 1.13. The number of rotatable bonds is 4. The molecule has 1 amide bonds. The number of carbonyl (C=O) groups excluding carboxylic acids is 1. The summed E-state index contributed by atoms with van der Waals surface area (Å²) in [5.41, 5.74) is 7.17. The van der Waals surface area contributed by atoms with Crippen molar-refractivity contribution in [1.82, 2.24) is 10.3 Å². The van der Waals surface area contributed by atoms with Crippen LogP contribution in [0.1, 0.15) is 31.4 Å². The molecule has 1 atom stereocenters. The summed E-state index contributed by atoms with van der Waals surface area (Å²) in [6.45, 7) is 6.10. The maximum absolute atomic E-state index is 11.7. The Morgan fingerprint density at radius 2 is 2.31 bits per heavy atom. The molecule has 1 aromatic rings. The van der Waals surface area contributed by atoms with Gasteiger partial charge >= 0.3 is 0 Å². The van der Waals surface area contributed by atoms with Crippen LogP contribution < -0.4 is 11.1 Å². The first-order valence-corrected chi connectivity index (χ1v) is 5.44. The lowest BCUT2D eigenvalue weighted by atomic mass is 9.99. The van der Waals surface area contributed by atoms with Gasteiger partial charge in [0.05, 0.1) is 5.54 Å². The highest BCUT2D eigenvalue weighted by Gasteiger charge is 2.25. The van der Waals surface area contributed by atoms with Crippen molar-refractivity contribution in [2.45, 2.75) is 39.3 Å². The number of carbonyl (C=O) groups is 1. The van der Waals surface area contributed by atoms with Crippen LogP contribution in [-0.2, 0) is 11.3 Å². The van der Waals surface area contributed by atoms with E-state index in [1.54, 1.807) is 19.3 Å². The molecule has 3 N–H and O–H groups in total. The van der Waals surface area contributed by atoms with Crippen molar-refractivity contribution in [3.8, 4) is 0 Å². The third-order valence-electron chi connectivity index (χ3n) is 2.84. The quantitative estimate of drug-likeness (QED) is 0.801. The van der Waals surface area contributed by atoms with Gasteiger partial charge in [0.15, 0.2) is 0 Å². The summed E-state index contributed by atoms with van der Waals surface area (Å²) in [5, 5.41) is 2.83. The normalized spacial score (nSPS) is 14.2. The second-order valence-corrected chi connectivity index (χ2v) is 4.26. The second-order valence-electron chi connectivity index (χ2n) is 4.26. The summed E-state index contributed by atoms with van der Waals surface area (Å²) in [6.07, 6.45) is 4.11. The molecule has 1 heterocycles. The Morgan fingerprint density at radius 3 is 2.88 bits per heavy atom. The summed E-state index contributed by atoms with van der Waals surface area (Å²) < 4.78 is 0. The van der Waals surface area contributed by atoms with Crippen molar-refractivity contribution in [3.05, 3.63) is 29.6 Å². The Labute approximate surface area is 96.3 Å². The molecule has 0 fully saturated rings. The van der Waals surface area contributed by atoms with Gasteiger partial charge < -0.3 is 11.1 Å². The number of pyridine rings is 1. The fraction of sp³-hybridized carbons (Fsp3) is 0.500. The van der Waals surface area contributed by atoms with Gasteiger partial charge in [0.1, 0.15) is 0 Å². The summed E-state index contributed by atoms with van der Waals surface area (Å²) in [5.74, 6) is -0.127. The molecule has 16 heavy (non-hydrogen) atoms. The molecule has 0 saturated carbocycles. The van der Waals surface area contributed by atoms with Crippen molar-refractivity contribution in [2.24, 2.45) is 5.73 Å². The zero-order valence-electron chi connectivity index (χ0n) is 10.1. The van der Waals surface area contributed by atoms with Crippen LogP contribution in [-0.4, -0.2) is 16.4 Å². The standard InChI is InChI=1S/C12H19N3O/c1-4-12(3,13)11(16)15-8-10-7-14-6-5-9(10)2/h5-7H,4,8,13H2,1-3H3,(H,15,16). The number of hydrogen-bond donors (Lipinski definition) is 2. The molecule has 0 radical (unpaired) electrons. The Bertz CT molecular complexity index is 374. The fourth-order valence-corrected chi connectivity index (χ4v) is 1.22. The number of aromatic nitrogens is 1. The van der Waals surface area contributed by atoms with Crippen molar-refractivity contribution >= 4 is 5.91 Å². The molecule has 0 aliphatic rings. The summed E-state index contributed by atoms with van der Waals surface area (Å²) in [7, 11) is 0. The monoisotopic (exact) mass is 221 g/mol. The lowest BCUT2D eigenvalue weighted by Crippen LogP contribution is -2.50. The summed E-state index contributed by atoms with van der Waals surface area (Å²) >= 11 is 0. The van der Waals surface area contributed by atoms with Gasteiger partial charge in [-0.15, -0.1) is 0 Å². The summed E-state index contributed by atoms with van der Waals surface area (Å²) in [6, 6.07) is 1.92. The van der Waals surface area contributed by atoms with Crippen molar-refractivity contribution in [2.75, 3.05) is 0 Å². The minimum atomic E-state index is -0.796. The summed E-state index contributed by atoms with van der Waals surface area (Å²) in [4.78, 5) is 15.7. The Kier molecular flexibility index (Phi) is 4.01. The van der Waals surface area contributed by atoms with E-state index in [9.17, 15) is 4.79 Å². The maximum Gasteiger partial charge on any atom is 0.240 e. The molecule has 0 aliphatic carbocycles. The smallest absolute Gasteiger partial charge is 0.240 e. The Balaban J connectivity index is 2.59. The number of nitrogens with zero attached hydrogens (tertiary/aromatic N) is 1. The van der Waals surface area contributed by atoms with Crippen molar-refractivity contribution in [3.63, 3.8) is 0 Å². The van der Waals surface area contributed by atoms with Crippen LogP contribution in [0, 0.1) is 6.92 Å². The zero-order chi connectivity index (χ0) is 12.2. The zero-order valence-corrected chi connectivity index (χ0v) is 10.1. The average Bonchev–Trinajstić information content (AvgIpc) is 2.27. The van der Waals surface area contributed by atoms with Gasteiger partial charge in [-0.1, -0.05) is 6.92 Å². The van der Waals surface area contributed by atoms with Crippen LogP contribution in [0.5, 0.6) is 0 Å². The highest BCUT2D eigenvalue weighted by Crippen LogP contribution is 2.07. The van der Waals surface area contributed by atoms with Gasteiger partial charge in [0.2, 0.25) is 5.91 Å². The molecule has 0 bridgehead atoms. The fourth-order valence-electron chi connectivity index (χ4n) is 1.22. The number of nitrogens with one attached hydrogen (secondary N) is 1. The van der Waals surface area contributed by atoms with Crippen LogP contribution in [0.3, 0.4) is 0 Å². The van der Waals surface area contributed by atoms with Crippen LogP contribution in [0.4, 0.5) is 0 Å². The van der Waals surface area contributed by atoms with Crippen molar-refractivity contribution in [1.29, 1.82) is 0 Å². The van der Waals surface area contributed by atoms with Gasteiger partial charge in [0.25, 0.3) is 0 Å². The first-order valence-electron chi connectivity index (χ1n) is 5.44. The average molecular weight is 221 g/mol. The van der Waals surface area contributed by atoms with Crippen LogP contribution >= 0.6 is 0 Å². The van der Waals surface area contributed by atoms with E-state index in [1.807, 2.05) is 19.9 Å². The van der Waals surface area contributed by atoms with E-state index in [2.05, 4.69) is 10.3 Å². The van der Waals surface area contributed by atoms with E-state index in [-0.39, 0.29) is 5.91 Å². The van der Waals surface area contributed by atoms with Crippen molar-refractivity contribution < 1.29 is 4.79 Å². The number of nitrogens with two attached hydrogens (primary N) is 1. The number of aryl methyl sites for hydroxylation is 1. The SMILES string of the molecule is CCC(C)(N)C(=O)NCc1cnccc1C. The third kappa shape index (κ3) is 3.03. The van der Waals surface area contributed by atoms with E-state index < -0.39 is 5.54 Å². The maximum atomic E-state index is 11.7. The molecule has 1 unspecified atom stereocenters. The highest BCUT2D eigenvalue weighted by molar-refractivity contribution is 5.85. The molecular weight excluding hydrogens is 202 g/mol. The van der Waals surface area contributed by atoms with Gasteiger partial charge in [-0.3, -0.25) is 9.78 Å². The molecule has 4 nitrogen and oxygen atoms in total. The van der Waals surface area contributed by atoms with Crippen LogP contribution in [0.25, 0.3) is 0 Å². The highest BCUT2D eigenvalue weighted by atomic mass is 16.2. The van der Waals surface area contributed by atoms with E-state index in [1.165, 1.54) is 0 Å². The molecule has 0 saturated heterocycles. The number of amides is 1. The molecule has 0 spiro atoms. The molecule has 0 aliphatic heterocycles. The lowest BCUT2D eigenvalue weighted by Gasteiger charge is -2.21. The van der Waals surface area contributed by atoms with Crippen LogP contribution in [0.2, 0.25) is 0 Å². The first kappa shape index (κ1) is 12.6. The molecule has 0 aromatic carbocycles. The van der Waals surface area contributed by atoms with E-state index in [4.69, 9.17) is 5.73 Å². The molecule has 88 valence electrons. The van der Waals surface area contributed by atoms with Gasteiger partial charge in [-0.2, -0.15) is 0 Å².